The Balaban J connectivity index is 1.77. The minimum absolute atomic E-state index is 0.0157. The van der Waals surface area contributed by atoms with E-state index in [-0.39, 0.29) is 11.9 Å². The number of nitrogens with one attached hydrogen (secondary N) is 1. The van der Waals surface area contributed by atoms with Crippen molar-refractivity contribution < 1.29 is 14.3 Å². The van der Waals surface area contributed by atoms with Crippen LogP contribution in [0.25, 0.3) is 0 Å². The molecule has 2 rings (SSSR count). The van der Waals surface area contributed by atoms with Crippen LogP contribution in [0.5, 0.6) is 0 Å². The fourth-order valence-electron chi connectivity index (χ4n) is 2.86. The molecule has 0 aromatic carbocycles. The molecule has 7 nitrogen and oxygen atoms in total. The monoisotopic (exact) mass is 348 g/mol. The van der Waals surface area contributed by atoms with Gasteiger partial charge in [0.15, 0.2) is 0 Å². The summed E-state index contributed by atoms with van der Waals surface area (Å²) in [6.07, 6.45) is 4.60. The molecule has 138 valence electrons. The minimum Gasteiger partial charge on any atom is -0.467 e. The smallest absolute Gasteiger partial charge is 0.328 e. The lowest BCUT2D eigenvalue weighted by Crippen LogP contribution is -2.55. The van der Waals surface area contributed by atoms with Gasteiger partial charge >= 0.3 is 12.0 Å². The number of nitrogens with zero attached hydrogens (tertiary/aromatic N) is 3. The fraction of sp³-hybridized carbons (Fsp3) is 0.611. The lowest BCUT2D eigenvalue weighted by molar-refractivity contribution is -0.144. The highest BCUT2D eigenvalue weighted by molar-refractivity contribution is 5.83. The number of carbonyl (C=O) groups excluding carboxylic acids is 2. The van der Waals surface area contributed by atoms with Gasteiger partial charge in [0.25, 0.3) is 0 Å². The first-order valence-electron chi connectivity index (χ1n) is 8.75. The summed E-state index contributed by atoms with van der Waals surface area (Å²) < 4.78 is 4.77. The second-order valence-corrected chi connectivity index (χ2v) is 6.63. The number of urea groups is 1. The standard InChI is InChI=1S/C18H28N4O3/c1-14(2)16(17(23)25-3)20-18(24)22-12-10-21(11-13-22)9-6-15-4-7-19-8-5-15/h4-5,7-8,14,16H,6,9-13H2,1-3H3,(H,20,24). The predicted octanol–water partition coefficient (Wildman–Crippen LogP) is 1.15. The van der Waals surface area contributed by atoms with Gasteiger partial charge in [0, 0.05) is 45.1 Å². The summed E-state index contributed by atoms with van der Waals surface area (Å²) in [6.45, 7) is 7.74. The van der Waals surface area contributed by atoms with E-state index < -0.39 is 12.0 Å². The lowest BCUT2D eigenvalue weighted by Gasteiger charge is -2.35. The molecule has 1 unspecified atom stereocenters. The zero-order valence-electron chi connectivity index (χ0n) is 15.3. The van der Waals surface area contributed by atoms with Crippen LogP contribution in [-0.2, 0) is 16.0 Å². The van der Waals surface area contributed by atoms with Crippen LogP contribution in [0.3, 0.4) is 0 Å². The van der Waals surface area contributed by atoms with Crippen molar-refractivity contribution in [3.63, 3.8) is 0 Å². The maximum atomic E-state index is 12.4. The number of hydrogen-bond acceptors (Lipinski definition) is 5. The van der Waals surface area contributed by atoms with Crippen LogP contribution >= 0.6 is 0 Å². The van der Waals surface area contributed by atoms with Gasteiger partial charge in [0.1, 0.15) is 6.04 Å². The number of pyridine rings is 1. The molecule has 1 saturated heterocycles. The normalized spacial score (nSPS) is 16.6. The highest BCUT2D eigenvalue weighted by Gasteiger charge is 2.28. The van der Waals surface area contributed by atoms with Crippen LogP contribution < -0.4 is 5.32 Å². The van der Waals surface area contributed by atoms with Gasteiger partial charge < -0.3 is 15.0 Å². The van der Waals surface area contributed by atoms with Gasteiger partial charge in [-0.05, 0) is 30.0 Å². The minimum atomic E-state index is -0.609. The number of esters is 1. The molecule has 2 amide bonds. The van der Waals surface area contributed by atoms with Crippen molar-refractivity contribution in [2.24, 2.45) is 5.92 Å². The van der Waals surface area contributed by atoms with E-state index in [1.54, 1.807) is 4.90 Å². The molecule has 2 heterocycles. The number of amides is 2. The van der Waals surface area contributed by atoms with E-state index in [9.17, 15) is 9.59 Å². The van der Waals surface area contributed by atoms with Crippen LogP contribution in [0.4, 0.5) is 4.79 Å². The van der Waals surface area contributed by atoms with E-state index in [1.807, 2.05) is 38.4 Å². The maximum Gasteiger partial charge on any atom is 0.328 e. The molecule has 1 aliphatic heterocycles. The molecule has 0 radical (unpaired) electrons. The third-order valence-corrected chi connectivity index (χ3v) is 4.53. The van der Waals surface area contributed by atoms with Crippen molar-refractivity contribution in [2.45, 2.75) is 26.3 Å². The van der Waals surface area contributed by atoms with Crippen molar-refractivity contribution >= 4 is 12.0 Å². The summed E-state index contributed by atoms with van der Waals surface area (Å²) >= 11 is 0. The van der Waals surface area contributed by atoms with E-state index in [0.717, 1.165) is 26.1 Å². The van der Waals surface area contributed by atoms with Gasteiger partial charge in [-0.3, -0.25) is 9.88 Å². The molecule has 1 aromatic heterocycles. The Hall–Kier alpha value is -2.15. The van der Waals surface area contributed by atoms with Crippen molar-refractivity contribution in [1.82, 2.24) is 20.1 Å². The molecular formula is C18H28N4O3. The summed E-state index contributed by atoms with van der Waals surface area (Å²) in [7, 11) is 1.34. The topological polar surface area (TPSA) is 74.8 Å². The number of methoxy groups -OCH3 is 1. The number of carbonyl (C=O) groups is 2. The first-order valence-corrected chi connectivity index (χ1v) is 8.75. The highest BCUT2D eigenvalue weighted by Crippen LogP contribution is 2.08. The molecule has 1 N–H and O–H groups in total. The first kappa shape index (κ1) is 19.2. The lowest BCUT2D eigenvalue weighted by atomic mass is 10.1. The molecule has 0 saturated carbocycles. The highest BCUT2D eigenvalue weighted by atomic mass is 16.5. The second-order valence-electron chi connectivity index (χ2n) is 6.63. The van der Waals surface area contributed by atoms with Crippen LogP contribution in [0, 0.1) is 5.92 Å². The van der Waals surface area contributed by atoms with Crippen molar-refractivity contribution in [1.29, 1.82) is 0 Å². The Morgan fingerprint density at radius 3 is 2.40 bits per heavy atom. The summed E-state index contributed by atoms with van der Waals surface area (Å²) in [6, 6.07) is 3.26. The van der Waals surface area contributed by atoms with Gasteiger partial charge in [-0.15, -0.1) is 0 Å². The maximum absolute atomic E-state index is 12.4. The van der Waals surface area contributed by atoms with E-state index in [1.165, 1.54) is 12.7 Å². The Labute approximate surface area is 149 Å². The number of piperazine rings is 1. The van der Waals surface area contributed by atoms with Crippen molar-refractivity contribution in [3.8, 4) is 0 Å². The molecule has 1 atom stereocenters. The first-order chi connectivity index (χ1) is 12.0. The molecule has 0 spiro atoms. The molecule has 1 aliphatic rings. The fourth-order valence-corrected chi connectivity index (χ4v) is 2.86. The zero-order valence-corrected chi connectivity index (χ0v) is 15.3. The second kappa shape index (κ2) is 9.36. The summed E-state index contributed by atoms with van der Waals surface area (Å²) in [5.41, 5.74) is 1.27. The van der Waals surface area contributed by atoms with Gasteiger partial charge in [0.05, 0.1) is 7.11 Å². The molecule has 7 heteroatoms. The average molecular weight is 348 g/mol. The van der Waals surface area contributed by atoms with Gasteiger partial charge in [-0.1, -0.05) is 13.8 Å². The number of ether oxygens (including phenoxy) is 1. The molecule has 1 aromatic rings. The number of aromatic nitrogens is 1. The predicted molar refractivity (Wildman–Crippen MR) is 95.1 cm³/mol. The summed E-state index contributed by atoms with van der Waals surface area (Å²) in [4.78, 5) is 32.3. The van der Waals surface area contributed by atoms with E-state index in [4.69, 9.17) is 4.74 Å². The van der Waals surface area contributed by atoms with Crippen LogP contribution in [0.2, 0.25) is 0 Å². The van der Waals surface area contributed by atoms with E-state index in [2.05, 4.69) is 15.2 Å². The zero-order chi connectivity index (χ0) is 18.2. The van der Waals surface area contributed by atoms with E-state index >= 15 is 0 Å². The molecule has 25 heavy (non-hydrogen) atoms. The number of hydrogen-bond donors (Lipinski definition) is 1. The SMILES string of the molecule is COC(=O)C(NC(=O)N1CCN(CCc2ccncc2)CC1)C(C)C. The Morgan fingerprint density at radius 2 is 1.84 bits per heavy atom. The van der Waals surface area contributed by atoms with Crippen LogP contribution in [0.1, 0.15) is 19.4 Å². The van der Waals surface area contributed by atoms with E-state index in [0.29, 0.717) is 13.1 Å². The molecule has 1 fully saturated rings. The molecular weight excluding hydrogens is 320 g/mol. The third kappa shape index (κ3) is 5.70. The van der Waals surface area contributed by atoms with Crippen molar-refractivity contribution in [3.05, 3.63) is 30.1 Å². The number of rotatable bonds is 6. The Bertz CT molecular complexity index is 557. The Kier molecular flexibility index (Phi) is 7.18. The largest absolute Gasteiger partial charge is 0.467 e. The molecule has 0 bridgehead atoms. The average Bonchev–Trinajstić information content (AvgIpc) is 2.64. The van der Waals surface area contributed by atoms with Crippen LogP contribution in [0.15, 0.2) is 24.5 Å². The summed E-state index contributed by atoms with van der Waals surface area (Å²) in [5, 5.41) is 2.80. The third-order valence-electron chi connectivity index (χ3n) is 4.53. The van der Waals surface area contributed by atoms with Gasteiger partial charge in [-0.25, -0.2) is 9.59 Å². The molecule has 0 aliphatic carbocycles. The van der Waals surface area contributed by atoms with Crippen molar-refractivity contribution in [2.75, 3.05) is 39.8 Å². The summed E-state index contributed by atoms with van der Waals surface area (Å²) in [5.74, 6) is -0.419. The van der Waals surface area contributed by atoms with Gasteiger partial charge in [-0.2, -0.15) is 0 Å². The van der Waals surface area contributed by atoms with Gasteiger partial charge in [0.2, 0.25) is 0 Å². The quantitative estimate of drug-likeness (QED) is 0.781. The Morgan fingerprint density at radius 1 is 1.20 bits per heavy atom. The van der Waals surface area contributed by atoms with Crippen LogP contribution in [-0.4, -0.2) is 72.7 Å².